The third-order valence-electron chi connectivity index (χ3n) is 3.17. The number of carbonyl (C=O) groups excluding carboxylic acids is 1. The molecule has 1 saturated carbocycles. The number of nitro groups is 1. The van der Waals surface area contributed by atoms with Gasteiger partial charge in [-0.1, -0.05) is 11.8 Å². The van der Waals surface area contributed by atoms with E-state index in [9.17, 15) is 14.9 Å². The zero-order valence-corrected chi connectivity index (χ0v) is 11.3. The van der Waals surface area contributed by atoms with Crippen molar-refractivity contribution in [2.75, 3.05) is 12.9 Å². The molecular formula is C12H14N2O4S. The summed E-state index contributed by atoms with van der Waals surface area (Å²) in [6.07, 6.45) is 3.82. The number of pyridine rings is 1. The Labute approximate surface area is 114 Å². The molecule has 0 spiro atoms. The fourth-order valence-electron chi connectivity index (χ4n) is 1.78. The lowest BCUT2D eigenvalue weighted by Crippen LogP contribution is -2.13. The second-order valence-electron chi connectivity index (χ2n) is 4.63. The number of nitrogens with zero attached hydrogens (tertiary/aromatic N) is 2. The quantitative estimate of drug-likeness (QED) is 0.345. The van der Waals surface area contributed by atoms with Crippen LogP contribution < -0.4 is 0 Å². The molecule has 102 valence electrons. The maximum atomic E-state index is 11.3. The highest BCUT2D eigenvalue weighted by molar-refractivity contribution is 7.99. The van der Waals surface area contributed by atoms with Gasteiger partial charge in [0, 0.05) is 18.0 Å². The zero-order valence-electron chi connectivity index (χ0n) is 10.5. The van der Waals surface area contributed by atoms with E-state index >= 15 is 0 Å². The predicted molar refractivity (Wildman–Crippen MR) is 69.9 cm³/mol. The third-order valence-corrected chi connectivity index (χ3v) is 4.51. The molecule has 1 aromatic heterocycles. The first kappa shape index (κ1) is 13.8. The Bertz CT molecular complexity index is 502. The van der Waals surface area contributed by atoms with E-state index in [1.807, 2.05) is 0 Å². The van der Waals surface area contributed by atoms with E-state index in [2.05, 4.69) is 9.72 Å². The van der Waals surface area contributed by atoms with Gasteiger partial charge in [-0.25, -0.2) is 4.98 Å². The Balaban J connectivity index is 1.99. The molecule has 7 heteroatoms. The average molecular weight is 282 g/mol. The monoisotopic (exact) mass is 282 g/mol. The second kappa shape index (κ2) is 5.56. The minimum absolute atomic E-state index is 0.0152. The van der Waals surface area contributed by atoms with Gasteiger partial charge in [-0.05, 0) is 24.3 Å². The number of ether oxygens (including phenoxy) is 1. The van der Waals surface area contributed by atoms with Crippen LogP contribution in [0.3, 0.4) is 0 Å². The van der Waals surface area contributed by atoms with Crippen molar-refractivity contribution in [3.8, 4) is 0 Å². The summed E-state index contributed by atoms with van der Waals surface area (Å²) in [6.45, 7) is 0. The van der Waals surface area contributed by atoms with Crippen molar-refractivity contribution in [2.24, 2.45) is 5.41 Å². The lowest BCUT2D eigenvalue weighted by atomic mass is 10.1. The first-order chi connectivity index (χ1) is 9.06. The summed E-state index contributed by atoms with van der Waals surface area (Å²) in [5, 5.41) is 11.3. The molecule has 0 bridgehead atoms. The molecule has 1 fully saturated rings. The van der Waals surface area contributed by atoms with Crippen LogP contribution in [0.1, 0.15) is 19.3 Å². The van der Waals surface area contributed by atoms with E-state index in [1.54, 1.807) is 6.07 Å². The molecule has 1 aliphatic rings. The van der Waals surface area contributed by atoms with Crippen molar-refractivity contribution in [3.05, 3.63) is 28.4 Å². The van der Waals surface area contributed by atoms with E-state index < -0.39 is 4.92 Å². The van der Waals surface area contributed by atoms with Gasteiger partial charge >= 0.3 is 11.7 Å². The molecule has 19 heavy (non-hydrogen) atoms. The Morgan fingerprint density at radius 2 is 2.37 bits per heavy atom. The number of esters is 1. The highest BCUT2D eigenvalue weighted by Gasteiger charge is 2.45. The summed E-state index contributed by atoms with van der Waals surface area (Å²) < 4.78 is 4.67. The Hall–Kier alpha value is -1.63. The fraction of sp³-hybridized carbons (Fsp3) is 0.500. The minimum atomic E-state index is -0.435. The predicted octanol–water partition coefficient (Wildman–Crippen LogP) is 2.43. The molecule has 0 aromatic carbocycles. The van der Waals surface area contributed by atoms with Crippen LogP contribution in [0, 0.1) is 15.5 Å². The van der Waals surface area contributed by atoms with Crippen molar-refractivity contribution in [1.82, 2.24) is 4.98 Å². The van der Waals surface area contributed by atoms with E-state index in [4.69, 9.17) is 0 Å². The number of hydrogen-bond acceptors (Lipinski definition) is 6. The second-order valence-corrected chi connectivity index (χ2v) is 5.59. The van der Waals surface area contributed by atoms with Gasteiger partial charge in [-0.3, -0.25) is 14.9 Å². The summed E-state index contributed by atoms with van der Waals surface area (Å²) >= 11 is 1.34. The molecular weight excluding hydrogens is 268 g/mol. The molecule has 1 aliphatic carbocycles. The lowest BCUT2D eigenvalue weighted by molar-refractivity contribution is -0.388. The Morgan fingerprint density at radius 1 is 1.63 bits per heavy atom. The third kappa shape index (κ3) is 3.44. The Kier molecular flexibility index (Phi) is 4.04. The van der Waals surface area contributed by atoms with Crippen molar-refractivity contribution in [1.29, 1.82) is 0 Å². The van der Waals surface area contributed by atoms with Gasteiger partial charge in [0.1, 0.15) is 0 Å². The standard InChI is InChI=1S/C12H14N2O4S/c1-18-10(15)7-12(4-5-12)8-19-11-9(14(16)17)3-2-6-13-11/h2-3,6H,4-5,7-8H2,1H3. The van der Waals surface area contributed by atoms with Crippen LogP contribution in [-0.4, -0.2) is 28.7 Å². The molecule has 0 saturated heterocycles. The highest BCUT2D eigenvalue weighted by atomic mass is 32.2. The van der Waals surface area contributed by atoms with Crippen molar-refractivity contribution in [2.45, 2.75) is 24.3 Å². The molecule has 0 unspecified atom stereocenters. The van der Waals surface area contributed by atoms with Crippen LogP contribution in [0.2, 0.25) is 0 Å². The smallest absolute Gasteiger partial charge is 0.306 e. The number of carbonyl (C=O) groups is 1. The molecule has 0 amide bonds. The van der Waals surface area contributed by atoms with Crippen LogP contribution in [0.4, 0.5) is 5.69 Å². The molecule has 1 aromatic rings. The van der Waals surface area contributed by atoms with Gasteiger partial charge in [-0.2, -0.15) is 0 Å². The molecule has 0 N–H and O–H groups in total. The lowest BCUT2D eigenvalue weighted by Gasteiger charge is -2.12. The van der Waals surface area contributed by atoms with E-state index in [0.717, 1.165) is 12.8 Å². The van der Waals surface area contributed by atoms with Crippen LogP contribution in [0.25, 0.3) is 0 Å². The molecule has 0 aliphatic heterocycles. The van der Waals surface area contributed by atoms with Crippen molar-refractivity contribution in [3.63, 3.8) is 0 Å². The van der Waals surface area contributed by atoms with Crippen molar-refractivity contribution < 1.29 is 14.5 Å². The molecule has 2 rings (SSSR count). The number of thioether (sulfide) groups is 1. The fourth-order valence-corrected chi connectivity index (χ4v) is 3.04. The van der Waals surface area contributed by atoms with E-state index in [0.29, 0.717) is 17.2 Å². The summed E-state index contributed by atoms with van der Waals surface area (Å²) in [5.41, 5.74) is -0.0512. The van der Waals surface area contributed by atoms with Crippen LogP contribution in [0.15, 0.2) is 23.4 Å². The Morgan fingerprint density at radius 3 is 2.95 bits per heavy atom. The van der Waals surface area contributed by atoms with Gasteiger partial charge in [0.25, 0.3) is 0 Å². The summed E-state index contributed by atoms with van der Waals surface area (Å²) in [5.74, 6) is 0.425. The van der Waals surface area contributed by atoms with E-state index in [-0.39, 0.29) is 17.1 Å². The number of hydrogen-bond donors (Lipinski definition) is 0. The van der Waals surface area contributed by atoms with Gasteiger partial charge in [0.15, 0.2) is 5.03 Å². The molecule has 6 nitrogen and oxygen atoms in total. The van der Waals surface area contributed by atoms with Gasteiger partial charge in [0.2, 0.25) is 0 Å². The molecule has 0 atom stereocenters. The highest BCUT2D eigenvalue weighted by Crippen LogP contribution is 2.52. The van der Waals surface area contributed by atoms with Gasteiger partial charge in [-0.15, -0.1) is 0 Å². The van der Waals surface area contributed by atoms with Crippen LogP contribution in [0.5, 0.6) is 0 Å². The number of aromatic nitrogens is 1. The van der Waals surface area contributed by atoms with Crippen molar-refractivity contribution >= 4 is 23.4 Å². The maximum Gasteiger partial charge on any atom is 0.306 e. The summed E-state index contributed by atoms with van der Waals surface area (Å²) in [6, 6.07) is 2.98. The largest absolute Gasteiger partial charge is 0.469 e. The van der Waals surface area contributed by atoms with Gasteiger partial charge in [0.05, 0.1) is 18.5 Å². The first-order valence-electron chi connectivity index (χ1n) is 5.85. The number of methoxy groups -OCH3 is 1. The molecule has 0 radical (unpaired) electrons. The van der Waals surface area contributed by atoms with Gasteiger partial charge < -0.3 is 4.74 Å². The molecule has 1 heterocycles. The van der Waals surface area contributed by atoms with E-state index in [1.165, 1.54) is 31.1 Å². The average Bonchev–Trinajstić information content (AvgIpc) is 3.16. The number of rotatable bonds is 6. The van der Waals surface area contributed by atoms with Crippen LogP contribution >= 0.6 is 11.8 Å². The zero-order chi connectivity index (χ0) is 13.9. The SMILES string of the molecule is COC(=O)CC1(CSc2ncccc2[N+](=O)[O-])CC1. The normalized spacial score (nSPS) is 15.8. The topological polar surface area (TPSA) is 82.3 Å². The summed E-state index contributed by atoms with van der Waals surface area (Å²) in [4.78, 5) is 25.8. The first-order valence-corrected chi connectivity index (χ1v) is 6.84. The summed E-state index contributed by atoms with van der Waals surface area (Å²) in [7, 11) is 1.37. The maximum absolute atomic E-state index is 11.3. The minimum Gasteiger partial charge on any atom is -0.469 e. The van der Waals surface area contributed by atoms with Crippen LogP contribution in [-0.2, 0) is 9.53 Å².